The zero-order valence-corrected chi connectivity index (χ0v) is 14.2. The Labute approximate surface area is 138 Å². The fourth-order valence-electron chi connectivity index (χ4n) is 1.96. The van der Waals surface area contributed by atoms with Crippen LogP contribution in [-0.4, -0.2) is 35.6 Å². The summed E-state index contributed by atoms with van der Waals surface area (Å²) in [5.74, 6) is -0.0372. The topological polar surface area (TPSA) is 58.6 Å². The van der Waals surface area contributed by atoms with Crippen LogP contribution in [0.25, 0.3) is 0 Å². The second-order valence-corrected chi connectivity index (χ2v) is 6.23. The van der Waals surface area contributed by atoms with E-state index < -0.39 is 11.7 Å². The third kappa shape index (κ3) is 8.04. The van der Waals surface area contributed by atoms with E-state index in [0.717, 1.165) is 5.56 Å². The zero-order chi connectivity index (χ0) is 17.3. The van der Waals surface area contributed by atoms with Crippen molar-refractivity contribution < 1.29 is 14.3 Å². The van der Waals surface area contributed by atoms with Crippen molar-refractivity contribution in [3.63, 3.8) is 0 Å². The number of ether oxygens (including phenoxy) is 1. The molecule has 0 aromatic heterocycles. The molecule has 5 heteroatoms. The maximum atomic E-state index is 12.3. The smallest absolute Gasteiger partial charge is 0.407 e. The number of nitrogens with one attached hydrogen (secondary N) is 1. The number of carbonyl (C=O) groups excluding carboxylic acids is 2. The van der Waals surface area contributed by atoms with Gasteiger partial charge in [-0.05, 0) is 26.3 Å². The van der Waals surface area contributed by atoms with Gasteiger partial charge in [0.25, 0.3) is 0 Å². The molecule has 126 valence electrons. The molecule has 0 heterocycles. The molecule has 1 aromatic carbocycles. The quantitative estimate of drug-likeness (QED) is 0.786. The van der Waals surface area contributed by atoms with E-state index in [2.05, 4.69) is 11.9 Å². The molecule has 0 aliphatic carbocycles. The number of rotatable bonds is 7. The molecule has 1 N–H and O–H groups in total. The second-order valence-electron chi connectivity index (χ2n) is 6.23. The molecule has 0 saturated heterocycles. The largest absolute Gasteiger partial charge is 0.444 e. The van der Waals surface area contributed by atoms with Crippen LogP contribution < -0.4 is 5.32 Å². The highest BCUT2D eigenvalue weighted by atomic mass is 16.6. The lowest BCUT2D eigenvalue weighted by atomic mass is 10.2. The van der Waals surface area contributed by atoms with Crippen molar-refractivity contribution in [1.29, 1.82) is 0 Å². The van der Waals surface area contributed by atoms with Gasteiger partial charge in [-0.2, -0.15) is 0 Å². The summed E-state index contributed by atoms with van der Waals surface area (Å²) in [5, 5.41) is 2.60. The normalized spacial score (nSPS) is 10.7. The standard InChI is InChI=1S/C18H26N2O3/c1-5-13-20(14-15-9-7-6-8-10-15)16(21)11-12-19-17(22)23-18(2,3)4/h5-10H,1,11-14H2,2-4H3,(H,19,22). The molecule has 0 unspecified atom stereocenters. The van der Waals surface area contributed by atoms with Gasteiger partial charge in [0.15, 0.2) is 0 Å². The first-order valence-corrected chi connectivity index (χ1v) is 7.71. The monoisotopic (exact) mass is 318 g/mol. The molecule has 0 fully saturated rings. The van der Waals surface area contributed by atoms with E-state index in [1.807, 2.05) is 30.3 Å². The van der Waals surface area contributed by atoms with Gasteiger partial charge in [0.1, 0.15) is 5.60 Å². The zero-order valence-electron chi connectivity index (χ0n) is 14.2. The van der Waals surface area contributed by atoms with Gasteiger partial charge in [-0.25, -0.2) is 4.79 Å². The van der Waals surface area contributed by atoms with Crippen molar-refractivity contribution in [2.75, 3.05) is 13.1 Å². The lowest BCUT2D eigenvalue weighted by Gasteiger charge is -2.22. The first-order valence-electron chi connectivity index (χ1n) is 7.71. The number of amides is 2. The third-order valence-electron chi connectivity index (χ3n) is 2.93. The number of carbonyl (C=O) groups is 2. The maximum absolute atomic E-state index is 12.3. The maximum Gasteiger partial charge on any atom is 0.407 e. The van der Waals surface area contributed by atoms with Gasteiger partial charge in [-0.3, -0.25) is 4.79 Å². The minimum atomic E-state index is -0.545. The molecular formula is C18H26N2O3. The molecule has 0 radical (unpaired) electrons. The van der Waals surface area contributed by atoms with Crippen LogP contribution in [0.4, 0.5) is 4.79 Å². The van der Waals surface area contributed by atoms with Crippen LogP contribution in [0.15, 0.2) is 43.0 Å². The average molecular weight is 318 g/mol. The average Bonchev–Trinajstić information content (AvgIpc) is 2.46. The van der Waals surface area contributed by atoms with Gasteiger partial charge in [-0.1, -0.05) is 36.4 Å². The summed E-state index contributed by atoms with van der Waals surface area (Å²) in [7, 11) is 0. The number of hydrogen-bond donors (Lipinski definition) is 1. The van der Waals surface area contributed by atoms with Crippen molar-refractivity contribution in [1.82, 2.24) is 10.2 Å². The van der Waals surface area contributed by atoms with E-state index >= 15 is 0 Å². The summed E-state index contributed by atoms with van der Waals surface area (Å²) < 4.78 is 5.13. The predicted octanol–water partition coefficient (Wildman–Crippen LogP) is 3.12. The Hall–Kier alpha value is -2.30. The molecule has 23 heavy (non-hydrogen) atoms. The van der Waals surface area contributed by atoms with Crippen LogP contribution in [0.5, 0.6) is 0 Å². The Bertz CT molecular complexity index is 521. The minimum Gasteiger partial charge on any atom is -0.444 e. The van der Waals surface area contributed by atoms with Crippen molar-refractivity contribution in [3.05, 3.63) is 48.6 Å². The molecule has 0 aliphatic heterocycles. The lowest BCUT2D eigenvalue weighted by molar-refractivity contribution is -0.131. The number of alkyl carbamates (subject to hydrolysis) is 1. The molecule has 5 nitrogen and oxygen atoms in total. The van der Waals surface area contributed by atoms with Crippen LogP contribution in [0.1, 0.15) is 32.8 Å². The van der Waals surface area contributed by atoms with E-state index in [1.54, 1.807) is 31.7 Å². The van der Waals surface area contributed by atoms with Crippen molar-refractivity contribution in [3.8, 4) is 0 Å². The molecular weight excluding hydrogens is 292 g/mol. The van der Waals surface area contributed by atoms with Crippen molar-refractivity contribution in [2.24, 2.45) is 0 Å². The Kier molecular flexibility index (Phi) is 7.32. The van der Waals surface area contributed by atoms with E-state index in [-0.39, 0.29) is 18.9 Å². The molecule has 0 bridgehead atoms. The van der Waals surface area contributed by atoms with Gasteiger partial charge in [0.05, 0.1) is 0 Å². The van der Waals surface area contributed by atoms with Gasteiger partial charge < -0.3 is 15.0 Å². The summed E-state index contributed by atoms with van der Waals surface area (Å²) in [4.78, 5) is 25.6. The number of benzene rings is 1. The predicted molar refractivity (Wildman–Crippen MR) is 90.9 cm³/mol. The van der Waals surface area contributed by atoms with E-state index in [4.69, 9.17) is 4.74 Å². The van der Waals surface area contributed by atoms with Gasteiger partial charge >= 0.3 is 6.09 Å². The molecule has 0 atom stereocenters. The van der Waals surface area contributed by atoms with Crippen molar-refractivity contribution >= 4 is 12.0 Å². The molecule has 0 aliphatic rings. The fraction of sp³-hybridized carbons (Fsp3) is 0.444. The van der Waals surface area contributed by atoms with Crippen LogP contribution in [-0.2, 0) is 16.1 Å². The molecule has 2 amide bonds. The molecule has 1 rings (SSSR count). The van der Waals surface area contributed by atoms with Gasteiger partial charge in [0, 0.05) is 26.1 Å². The Morgan fingerprint density at radius 2 is 1.91 bits per heavy atom. The lowest BCUT2D eigenvalue weighted by Crippen LogP contribution is -2.36. The Balaban J connectivity index is 2.45. The summed E-state index contributed by atoms with van der Waals surface area (Å²) in [5.41, 5.74) is 0.513. The highest BCUT2D eigenvalue weighted by Crippen LogP contribution is 2.07. The van der Waals surface area contributed by atoms with E-state index in [9.17, 15) is 9.59 Å². The summed E-state index contributed by atoms with van der Waals surface area (Å²) >= 11 is 0. The summed E-state index contributed by atoms with van der Waals surface area (Å²) in [6.45, 7) is 10.3. The highest BCUT2D eigenvalue weighted by Gasteiger charge is 2.17. The fourth-order valence-corrected chi connectivity index (χ4v) is 1.96. The van der Waals surface area contributed by atoms with Crippen LogP contribution in [0.3, 0.4) is 0 Å². The van der Waals surface area contributed by atoms with Crippen molar-refractivity contribution in [2.45, 2.75) is 39.3 Å². The molecule has 0 spiro atoms. The second kappa shape index (κ2) is 8.98. The SMILES string of the molecule is C=CCN(Cc1ccccc1)C(=O)CCNC(=O)OC(C)(C)C. The number of nitrogens with zero attached hydrogens (tertiary/aromatic N) is 1. The third-order valence-corrected chi connectivity index (χ3v) is 2.93. The first kappa shape index (κ1) is 18.7. The van der Waals surface area contributed by atoms with E-state index in [1.165, 1.54) is 0 Å². The minimum absolute atomic E-state index is 0.0372. The van der Waals surface area contributed by atoms with Gasteiger partial charge in [-0.15, -0.1) is 6.58 Å². The number of hydrogen-bond acceptors (Lipinski definition) is 3. The highest BCUT2D eigenvalue weighted by molar-refractivity contribution is 5.77. The van der Waals surface area contributed by atoms with Gasteiger partial charge in [0.2, 0.25) is 5.91 Å². The molecule has 0 saturated carbocycles. The van der Waals surface area contributed by atoms with Crippen LogP contribution in [0.2, 0.25) is 0 Å². The molecule has 1 aromatic rings. The van der Waals surface area contributed by atoms with Crippen LogP contribution in [0, 0.1) is 0 Å². The summed E-state index contributed by atoms with van der Waals surface area (Å²) in [6.07, 6.45) is 1.41. The van der Waals surface area contributed by atoms with Crippen LogP contribution >= 0.6 is 0 Å². The summed E-state index contributed by atoms with van der Waals surface area (Å²) in [6, 6.07) is 9.77. The van der Waals surface area contributed by atoms with E-state index in [0.29, 0.717) is 13.1 Å². The Morgan fingerprint density at radius 1 is 1.26 bits per heavy atom. The first-order chi connectivity index (χ1) is 10.8. The Morgan fingerprint density at radius 3 is 2.48 bits per heavy atom.